The van der Waals surface area contributed by atoms with E-state index in [1.165, 1.54) is 12.8 Å². The quantitative estimate of drug-likeness (QED) is 0.911. The third kappa shape index (κ3) is 2.15. The van der Waals surface area contributed by atoms with Crippen molar-refractivity contribution in [1.82, 2.24) is 4.98 Å². The highest BCUT2D eigenvalue weighted by Gasteiger charge is 2.50. The summed E-state index contributed by atoms with van der Waals surface area (Å²) in [5, 5.41) is 0.742. The number of pyridine rings is 1. The Balaban J connectivity index is 1.85. The second-order valence-electron chi connectivity index (χ2n) is 5.59. The van der Waals surface area contributed by atoms with Gasteiger partial charge in [0.1, 0.15) is 0 Å². The molecule has 1 saturated heterocycles. The molecule has 2 heterocycles. The molecule has 0 bridgehead atoms. The van der Waals surface area contributed by atoms with Crippen LogP contribution in [0.5, 0.6) is 0 Å². The molecular formula is C14H19ClN2O. The fourth-order valence-corrected chi connectivity index (χ4v) is 3.34. The van der Waals surface area contributed by atoms with E-state index < -0.39 is 0 Å². The van der Waals surface area contributed by atoms with Crippen LogP contribution in [0.1, 0.15) is 24.8 Å². The maximum Gasteiger partial charge on any atom is 0.0675 e. The van der Waals surface area contributed by atoms with E-state index in [4.69, 9.17) is 22.1 Å². The topological polar surface area (TPSA) is 48.1 Å². The van der Waals surface area contributed by atoms with E-state index in [-0.39, 0.29) is 5.41 Å². The first-order valence-corrected chi connectivity index (χ1v) is 7.03. The van der Waals surface area contributed by atoms with Gasteiger partial charge in [-0.15, -0.1) is 0 Å². The molecule has 2 aliphatic rings. The van der Waals surface area contributed by atoms with Crippen molar-refractivity contribution in [3.05, 3.63) is 29.0 Å². The van der Waals surface area contributed by atoms with Crippen LogP contribution in [0.15, 0.2) is 18.5 Å². The molecule has 4 heteroatoms. The average Bonchev–Trinajstić information content (AvgIpc) is 3.14. The summed E-state index contributed by atoms with van der Waals surface area (Å²) in [6.07, 6.45) is 8.37. The van der Waals surface area contributed by atoms with Crippen LogP contribution in [0.25, 0.3) is 0 Å². The van der Waals surface area contributed by atoms with Gasteiger partial charge in [-0.3, -0.25) is 4.98 Å². The SMILES string of the molecule is NCC1(Cc2ccncc2Cl)CCOC1C1CC1. The molecule has 1 aromatic rings. The Kier molecular flexibility index (Phi) is 3.31. The summed E-state index contributed by atoms with van der Waals surface area (Å²) in [5.74, 6) is 0.719. The summed E-state index contributed by atoms with van der Waals surface area (Å²) in [7, 11) is 0. The Bertz CT molecular complexity index is 436. The summed E-state index contributed by atoms with van der Waals surface area (Å²) >= 11 is 6.22. The van der Waals surface area contributed by atoms with E-state index in [0.29, 0.717) is 12.6 Å². The monoisotopic (exact) mass is 266 g/mol. The standard InChI is InChI=1S/C14H19ClN2O/c15-12-8-17-5-3-11(12)7-14(9-16)4-6-18-13(14)10-1-2-10/h3,5,8,10,13H,1-2,4,6-7,9,16H2. The molecule has 2 atom stereocenters. The van der Waals surface area contributed by atoms with Crippen LogP contribution in [0.4, 0.5) is 0 Å². The molecule has 0 aromatic carbocycles. The Hall–Kier alpha value is -0.640. The fraction of sp³-hybridized carbons (Fsp3) is 0.643. The van der Waals surface area contributed by atoms with Crippen LogP contribution >= 0.6 is 11.6 Å². The molecule has 1 aromatic heterocycles. The first kappa shape index (κ1) is 12.4. The third-order valence-corrected chi connectivity index (χ3v) is 4.70. The zero-order valence-corrected chi connectivity index (χ0v) is 11.2. The summed E-state index contributed by atoms with van der Waals surface area (Å²) in [6, 6.07) is 2.00. The number of aromatic nitrogens is 1. The smallest absolute Gasteiger partial charge is 0.0675 e. The highest BCUT2D eigenvalue weighted by Crippen LogP contribution is 2.49. The van der Waals surface area contributed by atoms with Gasteiger partial charge in [-0.2, -0.15) is 0 Å². The van der Waals surface area contributed by atoms with E-state index >= 15 is 0 Å². The predicted molar refractivity (Wildman–Crippen MR) is 71.5 cm³/mol. The van der Waals surface area contributed by atoms with Crippen molar-refractivity contribution in [2.75, 3.05) is 13.2 Å². The molecule has 1 aliphatic carbocycles. The van der Waals surface area contributed by atoms with Crippen molar-refractivity contribution in [2.24, 2.45) is 17.1 Å². The summed E-state index contributed by atoms with van der Waals surface area (Å²) in [6.45, 7) is 1.51. The van der Waals surface area contributed by atoms with Crippen LogP contribution in [-0.4, -0.2) is 24.2 Å². The van der Waals surface area contributed by atoms with Gasteiger partial charge in [0.2, 0.25) is 0 Å². The van der Waals surface area contributed by atoms with Gasteiger partial charge in [-0.05, 0) is 43.2 Å². The van der Waals surface area contributed by atoms with Crippen molar-refractivity contribution in [2.45, 2.75) is 31.8 Å². The maximum atomic E-state index is 6.22. The lowest BCUT2D eigenvalue weighted by molar-refractivity contribution is 0.0345. The van der Waals surface area contributed by atoms with E-state index in [2.05, 4.69) is 4.98 Å². The number of nitrogens with zero attached hydrogens (tertiary/aromatic N) is 1. The van der Waals surface area contributed by atoms with Gasteiger partial charge in [0.05, 0.1) is 11.1 Å². The molecule has 2 fully saturated rings. The number of ether oxygens (including phenoxy) is 1. The van der Waals surface area contributed by atoms with Gasteiger partial charge in [0, 0.05) is 31.0 Å². The molecule has 0 radical (unpaired) electrons. The number of rotatable bonds is 4. The summed E-state index contributed by atoms with van der Waals surface area (Å²) in [4.78, 5) is 4.04. The Morgan fingerprint density at radius 1 is 1.50 bits per heavy atom. The zero-order chi connectivity index (χ0) is 12.6. The number of nitrogens with two attached hydrogens (primary N) is 1. The number of halogens is 1. The molecule has 0 amide bonds. The molecule has 0 spiro atoms. The lowest BCUT2D eigenvalue weighted by atomic mass is 9.74. The van der Waals surface area contributed by atoms with Gasteiger partial charge < -0.3 is 10.5 Å². The van der Waals surface area contributed by atoms with Crippen LogP contribution in [0, 0.1) is 11.3 Å². The van der Waals surface area contributed by atoms with Crippen molar-refractivity contribution >= 4 is 11.6 Å². The van der Waals surface area contributed by atoms with E-state index in [9.17, 15) is 0 Å². The zero-order valence-electron chi connectivity index (χ0n) is 10.4. The Labute approximate surface area is 113 Å². The van der Waals surface area contributed by atoms with Crippen LogP contribution < -0.4 is 5.73 Å². The minimum absolute atomic E-state index is 0.0756. The van der Waals surface area contributed by atoms with E-state index in [1.54, 1.807) is 12.4 Å². The predicted octanol–water partition coefficient (Wildman–Crippen LogP) is 2.42. The van der Waals surface area contributed by atoms with E-state index in [1.807, 2.05) is 6.07 Å². The normalized spacial score (nSPS) is 31.8. The minimum Gasteiger partial charge on any atom is -0.377 e. The van der Waals surface area contributed by atoms with Crippen molar-refractivity contribution in [1.29, 1.82) is 0 Å². The van der Waals surface area contributed by atoms with Gasteiger partial charge >= 0.3 is 0 Å². The Morgan fingerprint density at radius 3 is 3.00 bits per heavy atom. The molecule has 1 saturated carbocycles. The lowest BCUT2D eigenvalue weighted by Gasteiger charge is -2.33. The molecule has 2 N–H and O–H groups in total. The number of hydrogen-bond acceptors (Lipinski definition) is 3. The summed E-state index contributed by atoms with van der Waals surface area (Å²) in [5.41, 5.74) is 7.31. The van der Waals surface area contributed by atoms with E-state index in [0.717, 1.165) is 36.0 Å². The van der Waals surface area contributed by atoms with Crippen LogP contribution in [0.2, 0.25) is 5.02 Å². The average molecular weight is 267 g/mol. The molecule has 2 unspecified atom stereocenters. The molecule has 1 aliphatic heterocycles. The van der Waals surface area contributed by atoms with Gasteiger partial charge in [0.15, 0.2) is 0 Å². The summed E-state index contributed by atoms with van der Waals surface area (Å²) < 4.78 is 5.96. The van der Waals surface area contributed by atoms with Crippen molar-refractivity contribution in [3.63, 3.8) is 0 Å². The number of hydrogen-bond donors (Lipinski definition) is 1. The molecular weight excluding hydrogens is 248 g/mol. The molecule has 98 valence electrons. The first-order valence-electron chi connectivity index (χ1n) is 6.65. The molecule has 3 nitrogen and oxygen atoms in total. The lowest BCUT2D eigenvalue weighted by Crippen LogP contribution is -2.41. The fourth-order valence-electron chi connectivity index (χ4n) is 3.15. The molecule has 18 heavy (non-hydrogen) atoms. The van der Waals surface area contributed by atoms with Crippen LogP contribution in [-0.2, 0) is 11.2 Å². The Morgan fingerprint density at radius 2 is 2.33 bits per heavy atom. The second-order valence-corrected chi connectivity index (χ2v) is 6.00. The van der Waals surface area contributed by atoms with Gasteiger partial charge in [-0.1, -0.05) is 11.6 Å². The second kappa shape index (κ2) is 4.80. The highest BCUT2D eigenvalue weighted by atomic mass is 35.5. The van der Waals surface area contributed by atoms with Gasteiger partial charge in [0.25, 0.3) is 0 Å². The minimum atomic E-state index is 0.0756. The van der Waals surface area contributed by atoms with Crippen molar-refractivity contribution in [3.8, 4) is 0 Å². The highest BCUT2D eigenvalue weighted by molar-refractivity contribution is 6.31. The maximum absolute atomic E-state index is 6.22. The van der Waals surface area contributed by atoms with Crippen LogP contribution in [0.3, 0.4) is 0 Å². The van der Waals surface area contributed by atoms with Gasteiger partial charge in [-0.25, -0.2) is 0 Å². The first-order chi connectivity index (χ1) is 8.75. The molecule has 3 rings (SSSR count). The third-order valence-electron chi connectivity index (χ3n) is 4.36. The van der Waals surface area contributed by atoms with Crippen molar-refractivity contribution < 1.29 is 4.74 Å². The largest absolute Gasteiger partial charge is 0.377 e.